The Morgan fingerprint density at radius 3 is 2.71 bits per heavy atom. The van der Waals surface area contributed by atoms with E-state index in [0.29, 0.717) is 24.7 Å². The Bertz CT molecular complexity index is 760. The molecule has 0 bridgehead atoms. The summed E-state index contributed by atoms with van der Waals surface area (Å²) in [4.78, 5) is 0. The highest BCUT2D eigenvalue weighted by molar-refractivity contribution is 5.69. The number of nitrogens with one attached hydrogen (secondary N) is 1. The van der Waals surface area contributed by atoms with Crippen LogP contribution in [0.2, 0.25) is 0 Å². The average molecular weight is 387 g/mol. The minimum Gasteiger partial charge on any atom is -0.368 e. The van der Waals surface area contributed by atoms with Crippen molar-refractivity contribution in [3.8, 4) is 0 Å². The summed E-state index contributed by atoms with van der Waals surface area (Å²) in [5, 5.41) is 36.9. The van der Waals surface area contributed by atoms with E-state index in [4.69, 9.17) is 0 Å². The quantitative estimate of drug-likeness (QED) is 0.487. The van der Waals surface area contributed by atoms with Gasteiger partial charge >= 0.3 is 0 Å². The number of allylic oxidation sites excluding steroid dienone is 1. The number of nitrogens with two attached hydrogens (primary N) is 1. The highest BCUT2D eigenvalue weighted by Crippen LogP contribution is 2.35. The molecule has 152 valence electrons. The summed E-state index contributed by atoms with van der Waals surface area (Å²) in [6, 6.07) is 9.10. The monoisotopic (exact) mass is 386 g/mol. The Hall–Kier alpha value is -2.09. The largest absolute Gasteiger partial charge is 0.368 e. The first-order chi connectivity index (χ1) is 13.6. The average Bonchev–Trinajstić information content (AvgIpc) is 3.25. The van der Waals surface area contributed by atoms with Crippen molar-refractivity contribution in [1.29, 1.82) is 0 Å². The smallest absolute Gasteiger partial charge is 0.178 e. The molecular formula is C21H32N5O2+. The van der Waals surface area contributed by atoms with E-state index in [9.17, 15) is 10.2 Å². The van der Waals surface area contributed by atoms with Gasteiger partial charge in [-0.1, -0.05) is 48.9 Å². The molecule has 7 heteroatoms. The molecular weight excluding hydrogens is 354 g/mol. The standard InChI is InChI=1S/C21H31N5O2/c1-3-6-18(21(27)28)19(20-23-25-26-24-20)13-15-7-4-5-8-17(15)14-9-11-16(22-2)12-10-14/h4-5,7-9,16,18-19,21-22,27-28H,3,6,10-13H2,1-2H3,(H,23,24,25,26)/p+1. The van der Waals surface area contributed by atoms with Crippen LogP contribution in [-0.4, -0.2) is 50.2 Å². The maximum Gasteiger partial charge on any atom is 0.178 e. The fourth-order valence-electron chi connectivity index (χ4n) is 4.30. The van der Waals surface area contributed by atoms with E-state index in [2.05, 4.69) is 57.3 Å². The van der Waals surface area contributed by atoms with Crippen LogP contribution in [0.4, 0.5) is 0 Å². The molecule has 2 aromatic rings. The van der Waals surface area contributed by atoms with Gasteiger partial charge in [-0.2, -0.15) is 5.21 Å². The van der Waals surface area contributed by atoms with Crippen molar-refractivity contribution in [2.45, 2.75) is 63.7 Å². The Labute approximate surface area is 166 Å². The Kier molecular flexibility index (Phi) is 7.30. The van der Waals surface area contributed by atoms with E-state index in [0.717, 1.165) is 19.3 Å². The maximum atomic E-state index is 10.0. The van der Waals surface area contributed by atoms with Crippen molar-refractivity contribution in [1.82, 2.24) is 20.6 Å². The number of aromatic nitrogens is 4. The summed E-state index contributed by atoms with van der Waals surface area (Å²) in [6.07, 6.45) is 6.49. The summed E-state index contributed by atoms with van der Waals surface area (Å²) in [6.45, 7) is 2.05. The lowest BCUT2D eigenvalue weighted by Crippen LogP contribution is -2.86. The Balaban J connectivity index is 1.90. The topological polar surface area (TPSA) is 112 Å². The number of aliphatic hydroxyl groups is 2. The molecule has 1 aromatic carbocycles. The zero-order valence-corrected chi connectivity index (χ0v) is 16.8. The lowest BCUT2D eigenvalue weighted by Gasteiger charge is -2.27. The molecule has 3 unspecified atom stereocenters. The molecule has 28 heavy (non-hydrogen) atoms. The van der Waals surface area contributed by atoms with Crippen LogP contribution in [0.1, 0.15) is 61.9 Å². The number of hydrogen-bond acceptors (Lipinski definition) is 5. The zero-order chi connectivity index (χ0) is 19.9. The molecule has 0 saturated heterocycles. The van der Waals surface area contributed by atoms with Gasteiger partial charge in [-0.25, -0.2) is 0 Å². The van der Waals surface area contributed by atoms with Crippen LogP contribution < -0.4 is 5.32 Å². The SMILES string of the molecule is CCCC(C(O)O)C(Cc1ccccc1C1=CCC([NH2+]C)CC1)c1nn[nH]n1. The van der Waals surface area contributed by atoms with Crippen molar-refractivity contribution in [2.24, 2.45) is 5.92 Å². The molecule has 3 atom stereocenters. The molecule has 7 nitrogen and oxygen atoms in total. The zero-order valence-electron chi connectivity index (χ0n) is 16.8. The van der Waals surface area contributed by atoms with Crippen molar-refractivity contribution in [3.63, 3.8) is 0 Å². The van der Waals surface area contributed by atoms with Crippen LogP contribution in [-0.2, 0) is 6.42 Å². The van der Waals surface area contributed by atoms with E-state index >= 15 is 0 Å². The van der Waals surface area contributed by atoms with Gasteiger partial charge in [-0.15, -0.1) is 10.2 Å². The van der Waals surface area contributed by atoms with E-state index < -0.39 is 6.29 Å². The number of tetrazole rings is 1. The summed E-state index contributed by atoms with van der Waals surface area (Å²) in [7, 11) is 2.14. The maximum absolute atomic E-state index is 10.0. The number of aromatic amines is 1. The lowest BCUT2D eigenvalue weighted by atomic mass is 9.80. The van der Waals surface area contributed by atoms with Crippen molar-refractivity contribution < 1.29 is 15.5 Å². The van der Waals surface area contributed by atoms with Crippen LogP contribution in [0.3, 0.4) is 0 Å². The molecule has 1 aromatic heterocycles. The minimum atomic E-state index is -1.41. The lowest BCUT2D eigenvalue weighted by molar-refractivity contribution is -0.663. The third-order valence-corrected chi connectivity index (χ3v) is 5.94. The predicted octanol–water partition coefficient (Wildman–Crippen LogP) is 1.38. The van der Waals surface area contributed by atoms with Crippen LogP contribution >= 0.6 is 0 Å². The van der Waals surface area contributed by atoms with Crippen LogP contribution in [0.5, 0.6) is 0 Å². The van der Waals surface area contributed by atoms with Gasteiger partial charge in [0.05, 0.1) is 13.1 Å². The highest BCUT2D eigenvalue weighted by atomic mass is 16.5. The van der Waals surface area contributed by atoms with Crippen LogP contribution in [0.25, 0.3) is 5.57 Å². The van der Waals surface area contributed by atoms with Crippen molar-refractivity contribution in [3.05, 3.63) is 47.3 Å². The summed E-state index contributed by atoms with van der Waals surface area (Å²) >= 11 is 0. The molecule has 0 amide bonds. The third kappa shape index (κ3) is 4.84. The molecule has 5 N–H and O–H groups in total. The van der Waals surface area contributed by atoms with E-state index in [1.807, 2.05) is 13.0 Å². The number of H-pyrrole nitrogens is 1. The minimum absolute atomic E-state index is 0.208. The summed E-state index contributed by atoms with van der Waals surface area (Å²) in [5.74, 6) is -0.00421. The van der Waals surface area contributed by atoms with Crippen molar-refractivity contribution in [2.75, 3.05) is 7.05 Å². The van der Waals surface area contributed by atoms with Gasteiger partial charge < -0.3 is 15.5 Å². The highest BCUT2D eigenvalue weighted by Gasteiger charge is 2.32. The number of aliphatic hydroxyl groups excluding tert-OH is 1. The molecule has 0 saturated carbocycles. The van der Waals surface area contributed by atoms with Gasteiger partial charge in [-0.3, -0.25) is 0 Å². The van der Waals surface area contributed by atoms with Gasteiger partial charge in [-0.05, 0) is 36.0 Å². The van der Waals surface area contributed by atoms with Crippen LogP contribution in [0.15, 0.2) is 30.3 Å². The first kappa shape index (κ1) is 20.6. The second-order valence-corrected chi connectivity index (χ2v) is 7.70. The Morgan fingerprint density at radius 1 is 1.29 bits per heavy atom. The summed E-state index contributed by atoms with van der Waals surface area (Å²) < 4.78 is 0. The molecule has 0 spiro atoms. The third-order valence-electron chi connectivity index (χ3n) is 5.94. The molecule has 3 rings (SSSR count). The molecule has 1 aliphatic rings. The van der Waals surface area contributed by atoms with Gasteiger partial charge in [0.1, 0.15) is 0 Å². The van der Waals surface area contributed by atoms with Crippen molar-refractivity contribution >= 4 is 5.57 Å². The number of benzene rings is 1. The van der Waals surface area contributed by atoms with E-state index in [1.54, 1.807) is 0 Å². The normalized spacial score (nSPS) is 19.5. The first-order valence-electron chi connectivity index (χ1n) is 10.3. The number of rotatable bonds is 9. The molecule has 1 heterocycles. The molecule has 1 aliphatic carbocycles. The van der Waals surface area contributed by atoms with Gasteiger partial charge in [0, 0.05) is 24.7 Å². The van der Waals surface area contributed by atoms with Gasteiger partial charge in [0.15, 0.2) is 12.1 Å². The summed E-state index contributed by atoms with van der Waals surface area (Å²) in [5.41, 5.74) is 3.84. The predicted molar refractivity (Wildman–Crippen MR) is 107 cm³/mol. The second-order valence-electron chi connectivity index (χ2n) is 7.70. The van der Waals surface area contributed by atoms with E-state index in [-0.39, 0.29) is 11.8 Å². The van der Waals surface area contributed by atoms with Gasteiger partial charge in [0.2, 0.25) is 0 Å². The number of nitrogens with zero attached hydrogens (tertiary/aromatic N) is 3. The van der Waals surface area contributed by atoms with Crippen LogP contribution in [0, 0.1) is 5.92 Å². The molecule has 0 fully saturated rings. The van der Waals surface area contributed by atoms with E-state index in [1.165, 1.54) is 23.1 Å². The molecule has 0 aliphatic heterocycles. The van der Waals surface area contributed by atoms with Gasteiger partial charge in [0.25, 0.3) is 0 Å². The fourth-order valence-corrected chi connectivity index (χ4v) is 4.30. The first-order valence-corrected chi connectivity index (χ1v) is 10.3. The fraction of sp³-hybridized carbons (Fsp3) is 0.571. The number of quaternary nitrogens is 1. The molecule has 0 radical (unpaired) electrons. The Morgan fingerprint density at radius 2 is 2.11 bits per heavy atom. The number of hydrogen-bond donors (Lipinski definition) is 4. The second kappa shape index (κ2) is 9.91.